The van der Waals surface area contributed by atoms with E-state index >= 15 is 0 Å². The summed E-state index contributed by atoms with van der Waals surface area (Å²) in [5.74, 6) is 6.32. The van der Waals surface area contributed by atoms with Gasteiger partial charge in [0.05, 0.1) is 36.6 Å². The Hall–Kier alpha value is -2.96. The minimum Gasteiger partial charge on any atom is -0.497 e. The number of ether oxygens (including phenoxy) is 1. The van der Waals surface area contributed by atoms with Gasteiger partial charge >= 0.3 is 5.97 Å². The van der Waals surface area contributed by atoms with Crippen molar-refractivity contribution in [1.82, 2.24) is 9.88 Å². The van der Waals surface area contributed by atoms with Crippen molar-refractivity contribution >= 4 is 28.2 Å². The number of aliphatic hydroxyl groups is 1. The Morgan fingerprint density at radius 3 is 2.81 bits per heavy atom. The fourth-order valence-electron chi connectivity index (χ4n) is 5.11. The van der Waals surface area contributed by atoms with Crippen LogP contribution in [-0.2, 0) is 11.3 Å². The van der Waals surface area contributed by atoms with Crippen LogP contribution in [0.2, 0.25) is 0 Å². The number of piperidine rings is 1. The van der Waals surface area contributed by atoms with Gasteiger partial charge in [-0.25, -0.2) is 0 Å². The number of aliphatic hydroxyl groups excluding tert-OH is 1. The number of nitrogens with zero attached hydrogens (tertiary/aromatic N) is 2. The van der Waals surface area contributed by atoms with Crippen LogP contribution in [0.1, 0.15) is 54.2 Å². The molecule has 1 aliphatic heterocycles. The summed E-state index contributed by atoms with van der Waals surface area (Å²) in [6.07, 6.45) is 3.64. The van der Waals surface area contributed by atoms with Crippen LogP contribution < -0.4 is 10.5 Å². The molecule has 8 heteroatoms. The summed E-state index contributed by atoms with van der Waals surface area (Å²) in [7, 11) is 1.60. The molecule has 1 fully saturated rings. The van der Waals surface area contributed by atoms with Crippen molar-refractivity contribution in [3.05, 3.63) is 57.9 Å². The number of pyridine rings is 1. The Balaban J connectivity index is 1.47. The number of thiophene rings is 1. The molecule has 1 aliphatic rings. The number of methoxy groups -OCH3 is 1. The quantitative estimate of drug-likeness (QED) is 0.373. The minimum absolute atomic E-state index is 0.100. The molecular formula is C28H33N3O4S. The molecule has 0 bridgehead atoms. The summed E-state index contributed by atoms with van der Waals surface area (Å²) in [5.41, 5.74) is 7.95. The van der Waals surface area contributed by atoms with Crippen LogP contribution in [0.5, 0.6) is 5.75 Å². The Kier molecular flexibility index (Phi) is 8.60. The van der Waals surface area contributed by atoms with E-state index in [0.29, 0.717) is 25.1 Å². The van der Waals surface area contributed by atoms with E-state index in [4.69, 9.17) is 10.5 Å². The highest BCUT2D eigenvalue weighted by molar-refractivity contribution is 7.10. The number of carbonyl (C=O) groups is 1. The molecular weight excluding hydrogens is 474 g/mol. The second-order valence-corrected chi connectivity index (χ2v) is 10.4. The molecule has 1 atom stereocenters. The zero-order valence-corrected chi connectivity index (χ0v) is 21.4. The normalized spacial score (nSPS) is 16.3. The molecule has 190 valence electrons. The van der Waals surface area contributed by atoms with Crippen molar-refractivity contribution in [3.8, 4) is 17.6 Å². The zero-order valence-electron chi connectivity index (χ0n) is 20.6. The maximum Gasteiger partial charge on any atom is 0.303 e. The van der Waals surface area contributed by atoms with Gasteiger partial charge in [-0.2, -0.15) is 0 Å². The molecule has 0 amide bonds. The third kappa shape index (κ3) is 6.23. The van der Waals surface area contributed by atoms with E-state index in [-0.39, 0.29) is 18.4 Å². The van der Waals surface area contributed by atoms with E-state index in [9.17, 15) is 15.0 Å². The third-order valence-electron chi connectivity index (χ3n) is 7.18. The van der Waals surface area contributed by atoms with E-state index in [1.54, 1.807) is 24.6 Å². The number of aromatic nitrogens is 1. The molecule has 7 nitrogen and oxygen atoms in total. The first-order valence-electron chi connectivity index (χ1n) is 12.2. The molecule has 4 rings (SSSR count). The number of rotatable bonds is 9. The Morgan fingerprint density at radius 2 is 2.14 bits per heavy atom. The summed E-state index contributed by atoms with van der Waals surface area (Å²) >= 11 is 1.63. The van der Waals surface area contributed by atoms with Crippen molar-refractivity contribution in [1.29, 1.82) is 0 Å². The molecule has 4 N–H and O–H groups in total. The van der Waals surface area contributed by atoms with E-state index in [2.05, 4.69) is 21.7 Å². The molecule has 3 heterocycles. The van der Waals surface area contributed by atoms with Crippen LogP contribution in [0.3, 0.4) is 0 Å². The van der Waals surface area contributed by atoms with E-state index < -0.39 is 12.1 Å². The smallest absolute Gasteiger partial charge is 0.303 e. The predicted octanol–water partition coefficient (Wildman–Crippen LogP) is 4.19. The van der Waals surface area contributed by atoms with E-state index in [1.165, 1.54) is 0 Å². The van der Waals surface area contributed by atoms with Gasteiger partial charge in [0.1, 0.15) is 5.75 Å². The molecule has 1 aromatic carbocycles. The van der Waals surface area contributed by atoms with E-state index in [1.807, 2.05) is 35.7 Å². The molecule has 0 spiro atoms. The average Bonchev–Trinajstić information content (AvgIpc) is 3.40. The van der Waals surface area contributed by atoms with Gasteiger partial charge in [-0.3, -0.25) is 14.7 Å². The summed E-state index contributed by atoms with van der Waals surface area (Å²) in [6.45, 7) is 2.53. The third-order valence-corrected chi connectivity index (χ3v) is 7.96. The highest BCUT2D eigenvalue weighted by atomic mass is 32.1. The lowest BCUT2D eigenvalue weighted by molar-refractivity contribution is -0.141. The van der Waals surface area contributed by atoms with Gasteiger partial charge in [0.15, 0.2) is 0 Å². The molecule has 0 saturated carbocycles. The molecule has 3 aromatic rings. The van der Waals surface area contributed by atoms with Crippen molar-refractivity contribution in [3.63, 3.8) is 0 Å². The van der Waals surface area contributed by atoms with Crippen LogP contribution in [0.4, 0.5) is 0 Å². The lowest BCUT2D eigenvalue weighted by Gasteiger charge is -2.41. The second kappa shape index (κ2) is 11.8. The largest absolute Gasteiger partial charge is 0.497 e. The first kappa shape index (κ1) is 26.1. The number of likely N-dealkylation sites (tertiary alicyclic amines) is 1. The monoisotopic (exact) mass is 507 g/mol. The molecule has 36 heavy (non-hydrogen) atoms. The lowest BCUT2D eigenvalue weighted by Crippen LogP contribution is -2.41. The number of hydrogen-bond donors (Lipinski definition) is 3. The second-order valence-electron chi connectivity index (χ2n) is 9.46. The van der Waals surface area contributed by atoms with Crippen molar-refractivity contribution in [2.75, 3.05) is 26.7 Å². The number of carboxylic acid groups (broad SMARTS) is 1. The number of nitrogens with two attached hydrogens (primary N) is 1. The number of carboxylic acids is 1. The summed E-state index contributed by atoms with van der Waals surface area (Å²) in [5, 5.41) is 23.8. The highest BCUT2D eigenvalue weighted by Gasteiger charge is 2.37. The van der Waals surface area contributed by atoms with Gasteiger partial charge in [0.2, 0.25) is 0 Å². The number of hydrogen-bond acceptors (Lipinski definition) is 7. The predicted molar refractivity (Wildman–Crippen MR) is 142 cm³/mol. The van der Waals surface area contributed by atoms with Gasteiger partial charge in [-0.1, -0.05) is 17.9 Å². The maximum atomic E-state index is 11.8. The van der Waals surface area contributed by atoms with Crippen LogP contribution in [-0.4, -0.2) is 52.8 Å². The average molecular weight is 508 g/mol. The van der Waals surface area contributed by atoms with Crippen LogP contribution in [0, 0.1) is 17.3 Å². The van der Waals surface area contributed by atoms with Gasteiger partial charge < -0.3 is 20.7 Å². The Morgan fingerprint density at radius 1 is 1.33 bits per heavy atom. The molecule has 0 radical (unpaired) electrons. The summed E-state index contributed by atoms with van der Waals surface area (Å²) in [6, 6.07) is 9.59. The number of aliphatic carboxylic acids is 1. The van der Waals surface area contributed by atoms with Crippen LogP contribution in [0.25, 0.3) is 10.9 Å². The van der Waals surface area contributed by atoms with Gasteiger partial charge in [0, 0.05) is 18.1 Å². The van der Waals surface area contributed by atoms with Gasteiger partial charge in [0.25, 0.3) is 0 Å². The minimum atomic E-state index is -0.794. The molecule has 2 aromatic heterocycles. The molecule has 0 aliphatic carbocycles. The SMILES string of the molecule is COc1ccc2ncc(CN)c([C@H](O)CCC3(CC(=O)O)CCN(CC#Cc4cccs4)CC3)c2c1. The highest BCUT2D eigenvalue weighted by Crippen LogP contribution is 2.42. The maximum absolute atomic E-state index is 11.8. The van der Waals surface area contributed by atoms with Gasteiger partial charge in [-0.05, 0) is 85.0 Å². The Labute approximate surface area is 215 Å². The summed E-state index contributed by atoms with van der Waals surface area (Å²) in [4.78, 5) is 19.6. The zero-order chi connectivity index (χ0) is 25.5. The lowest BCUT2D eigenvalue weighted by atomic mass is 9.71. The number of benzene rings is 1. The Bertz CT molecular complexity index is 1240. The fourth-order valence-corrected chi connectivity index (χ4v) is 5.71. The molecule has 1 saturated heterocycles. The van der Waals surface area contributed by atoms with Gasteiger partial charge in [-0.15, -0.1) is 11.3 Å². The first-order chi connectivity index (χ1) is 17.4. The fraction of sp³-hybridized carbons (Fsp3) is 0.429. The van der Waals surface area contributed by atoms with Crippen LogP contribution >= 0.6 is 11.3 Å². The molecule has 0 unspecified atom stereocenters. The van der Waals surface area contributed by atoms with Crippen molar-refractivity contribution in [2.45, 2.75) is 44.8 Å². The van der Waals surface area contributed by atoms with E-state index in [0.717, 1.165) is 52.8 Å². The summed E-state index contributed by atoms with van der Waals surface area (Å²) < 4.78 is 5.38. The van der Waals surface area contributed by atoms with Crippen molar-refractivity contribution in [2.24, 2.45) is 11.1 Å². The van der Waals surface area contributed by atoms with Crippen molar-refractivity contribution < 1.29 is 19.7 Å². The first-order valence-corrected chi connectivity index (χ1v) is 13.1. The van der Waals surface area contributed by atoms with Crippen LogP contribution in [0.15, 0.2) is 41.9 Å². The topological polar surface area (TPSA) is 109 Å². The number of fused-ring (bicyclic) bond motifs is 1. The standard InChI is InChI=1S/C28H33N3O4S/c1-35-21-6-7-24-23(16-21)27(20(18-29)19-30-24)25(32)8-9-28(17-26(33)34)10-13-31(14-11-28)12-2-4-22-5-3-15-36-22/h3,5-7,15-16,19,25,32H,8-14,17-18,29H2,1H3,(H,33,34)/t25-/m1/s1.